The van der Waals surface area contributed by atoms with Crippen LogP contribution < -0.4 is 19.1 Å². The number of hydrogen-bond donors (Lipinski definition) is 0. The van der Waals surface area contributed by atoms with E-state index in [0.29, 0.717) is 36.4 Å². The van der Waals surface area contributed by atoms with E-state index in [-0.39, 0.29) is 18.3 Å². The van der Waals surface area contributed by atoms with E-state index < -0.39 is 12.3 Å². The van der Waals surface area contributed by atoms with Crippen molar-refractivity contribution < 1.29 is 51.4 Å². The number of halogens is 3. The molecule has 1 aliphatic heterocycles. The van der Waals surface area contributed by atoms with Gasteiger partial charge in [0.15, 0.2) is 5.75 Å². The maximum atomic E-state index is 12.5. The summed E-state index contributed by atoms with van der Waals surface area (Å²) in [6, 6.07) is 24.2. The molecule has 51 heavy (non-hydrogen) atoms. The summed E-state index contributed by atoms with van der Waals surface area (Å²) < 4.78 is 62.9. The number of alkyl halides is 3. The van der Waals surface area contributed by atoms with E-state index in [9.17, 15) is 18.0 Å². The molecule has 0 bridgehead atoms. The van der Waals surface area contributed by atoms with Crippen LogP contribution in [-0.4, -0.2) is 51.5 Å². The van der Waals surface area contributed by atoms with Crippen molar-refractivity contribution in [3.8, 4) is 34.1 Å². The molecule has 6 rings (SSSR count). The molecule has 2 aliphatic rings. The Morgan fingerprint density at radius 3 is 2.10 bits per heavy atom. The number of rotatable bonds is 17. The number of esters is 1. The number of hydrogen-bond acceptors (Lipinski definition) is 8. The third-order valence-corrected chi connectivity index (χ3v) is 8.18. The maximum Gasteiger partial charge on any atom is 0.573 e. The first kappa shape index (κ1) is 35.7. The molecule has 8 nitrogen and oxygen atoms in total. The minimum Gasteiger partial charge on any atom is -0.494 e. The monoisotopic (exact) mass is 702 g/mol. The number of carbonyl (C=O) groups excluding carboxylic acids is 1. The Labute approximate surface area is 293 Å². The van der Waals surface area contributed by atoms with Crippen molar-refractivity contribution in [2.24, 2.45) is 0 Å². The van der Waals surface area contributed by atoms with Gasteiger partial charge in [0.05, 0.1) is 19.8 Å². The molecule has 2 unspecified atom stereocenters. The molecule has 0 amide bonds. The van der Waals surface area contributed by atoms with Crippen LogP contribution in [0, 0.1) is 0 Å². The van der Waals surface area contributed by atoms with Crippen LogP contribution >= 0.6 is 0 Å². The van der Waals surface area contributed by atoms with Crippen molar-refractivity contribution in [2.45, 2.75) is 38.1 Å². The molecule has 1 fully saturated rings. The molecule has 1 saturated heterocycles. The molecule has 0 saturated carbocycles. The normalized spacial score (nSPS) is 16.2. The molecule has 266 valence electrons. The minimum absolute atomic E-state index is 0.0125. The quantitative estimate of drug-likeness (QED) is 0.0205. The van der Waals surface area contributed by atoms with Crippen LogP contribution in [0.2, 0.25) is 0 Å². The lowest BCUT2D eigenvalue weighted by Gasteiger charge is -2.09. The van der Waals surface area contributed by atoms with Gasteiger partial charge >= 0.3 is 12.3 Å². The van der Waals surface area contributed by atoms with Crippen molar-refractivity contribution in [1.82, 2.24) is 0 Å². The summed E-state index contributed by atoms with van der Waals surface area (Å²) in [6.07, 6.45) is 3.89. The first-order chi connectivity index (χ1) is 24.7. The molecule has 0 radical (unpaired) electrons. The van der Waals surface area contributed by atoms with Gasteiger partial charge in [0.2, 0.25) is 0 Å². The molecule has 11 heteroatoms. The standard InChI is InChI=1S/C40H37F3O8/c1-27-37-23-32(49-39(44)19-10-29-8-13-31(14-9-29)50-40(41,42)43)15-17-35(37)36-18-16-33(24-38(27)36)51-48-22-4-5-28-6-11-30(12-7-28)46-21-3-2-20-45-25-34-26-47-34/h4-19,23-24,27,34H,2-3,20-22,25-26H2,1H3/b5-4?,19-10+. The van der Waals surface area contributed by atoms with Gasteiger partial charge in [-0.25, -0.2) is 4.79 Å². The van der Waals surface area contributed by atoms with Crippen LogP contribution in [0.3, 0.4) is 0 Å². The Morgan fingerprint density at radius 2 is 1.41 bits per heavy atom. The number of benzene rings is 4. The largest absolute Gasteiger partial charge is 0.573 e. The summed E-state index contributed by atoms with van der Waals surface area (Å²) in [5.74, 6) is 0.820. The van der Waals surface area contributed by atoms with Crippen molar-refractivity contribution >= 4 is 18.1 Å². The van der Waals surface area contributed by atoms with E-state index in [0.717, 1.165) is 59.6 Å². The number of epoxide rings is 1. The van der Waals surface area contributed by atoms with Gasteiger partial charge in [-0.3, -0.25) is 0 Å². The second kappa shape index (κ2) is 16.7. The van der Waals surface area contributed by atoms with Crippen LogP contribution in [0.5, 0.6) is 23.0 Å². The molecule has 0 spiro atoms. The molecule has 0 N–H and O–H groups in total. The lowest BCUT2D eigenvalue weighted by Crippen LogP contribution is -2.16. The van der Waals surface area contributed by atoms with Gasteiger partial charge in [0.25, 0.3) is 0 Å². The molecular weight excluding hydrogens is 665 g/mol. The van der Waals surface area contributed by atoms with Crippen LogP contribution in [0.4, 0.5) is 13.2 Å². The SMILES string of the molecule is CC1c2cc(OOCC=Cc3ccc(OCCCCOCC4CO4)cc3)ccc2-c2ccc(OC(=O)/C=C/c3ccc(OC(F)(F)F)cc3)cc21. The molecule has 0 aromatic heterocycles. The van der Waals surface area contributed by atoms with Gasteiger partial charge < -0.3 is 28.6 Å². The van der Waals surface area contributed by atoms with Crippen molar-refractivity contribution in [2.75, 3.05) is 33.0 Å². The first-order valence-electron chi connectivity index (χ1n) is 16.6. The van der Waals surface area contributed by atoms with Gasteiger partial charge in [0.1, 0.15) is 30.0 Å². The van der Waals surface area contributed by atoms with Crippen LogP contribution in [0.25, 0.3) is 23.3 Å². The lowest BCUT2D eigenvalue weighted by molar-refractivity contribution is -0.274. The third kappa shape index (κ3) is 10.7. The second-order valence-electron chi connectivity index (χ2n) is 12.0. The summed E-state index contributed by atoms with van der Waals surface area (Å²) in [5, 5.41) is 0. The van der Waals surface area contributed by atoms with Gasteiger partial charge in [-0.1, -0.05) is 55.5 Å². The third-order valence-electron chi connectivity index (χ3n) is 8.18. The van der Waals surface area contributed by atoms with Crippen molar-refractivity contribution in [3.05, 3.63) is 119 Å². The van der Waals surface area contributed by atoms with Crippen molar-refractivity contribution in [3.63, 3.8) is 0 Å². The van der Waals surface area contributed by atoms with Crippen LogP contribution in [0.1, 0.15) is 47.9 Å². The molecule has 4 aromatic carbocycles. The number of unbranched alkanes of at least 4 members (excludes halogenated alkanes) is 1. The molecular formula is C40H37F3O8. The number of carbonyl (C=O) groups is 1. The summed E-state index contributed by atoms with van der Waals surface area (Å²) in [7, 11) is 0. The second-order valence-corrected chi connectivity index (χ2v) is 12.0. The van der Waals surface area contributed by atoms with E-state index in [1.807, 2.05) is 66.7 Å². The van der Waals surface area contributed by atoms with Gasteiger partial charge in [0, 0.05) is 18.6 Å². The lowest BCUT2D eigenvalue weighted by atomic mass is 9.99. The predicted octanol–water partition coefficient (Wildman–Crippen LogP) is 8.93. The predicted molar refractivity (Wildman–Crippen MR) is 185 cm³/mol. The zero-order valence-corrected chi connectivity index (χ0v) is 27.9. The fraction of sp³-hybridized carbons (Fsp3) is 0.275. The Morgan fingerprint density at radius 1 is 0.804 bits per heavy atom. The molecule has 2 atom stereocenters. The maximum absolute atomic E-state index is 12.5. The van der Waals surface area contributed by atoms with E-state index in [1.165, 1.54) is 36.4 Å². The Hall–Kier alpha value is -5.10. The highest BCUT2D eigenvalue weighted by Crippen LogP contribution is 2.47. The zero-order chi connectivity index (χ0) is 35.6. The summed E-state index contributed by atoms with van der Waals surface area (Å²) in [6.45, 7) is 5.18. The van der Waals surface area contributed by atoms with Gasteiger partial charge in [-0.05, 0) is 101 Å². The first-order valence-corrected chi connectivity index (χ1v) is 16.6. The highest BCUT2D eigenvalue weighted by molar-refractivity contribution is 5.89. The summed E-state index contributed by atoms with van der Waals surface area (Å²) >= 11 is 0. The fourth-order valence-electron chi connectivity index (χ4n) is 5.54. The highest BCUT2D eigenvalue weighted by Gasteiger charge is 2.31. The van der Waals surface area contributed by atoms with E-state index in [2.05, 4.69) is 11.7 Å². The van der Waals surface area contributed by atoms with E-state index in [4.69, 9.17) is 28.7 Å². The topological polar surface area (TPSA) is 85.0 Å². The highest BCUT2D eigenvalue weighted by atomic mass is 19.4. The number of ether oxygens (including phenoxy) is 5. The van der Waals surface area contributed by atoms with Crippen LogP contribution in [-0.2, 0) is 19.2 Å². The summed E-state index contributed by atoms with van der Waals surface area (Å²) in [5.41, 5.74) is 5.67. The minimum atomic E-state index is -4.77. The van der Waals surface area contributed by atoms with E-state index >= 15 is 0 Å². The molecule has 1 aliphatic carbocycles. The van der Waals surface area contributed by atoms with E-state index in [1.54, 1.807) is 6.07 Å². The zero-order valence-electron chi connectivity index (χ0n) is 27.9. The fourth-order valence-corrected chi connectivity index (χ4v) is 5.54. The Bertz CT molecular complexity index is 1830. The smallest absolute Gasteiger partial charge is 0.494 e. The Kier molecular flexibility index (Phi) is 11.7. The average molecular weight is 703 g/mol. The van der Waals surface area contributed by atoms with Crippen molar-refractivity contribution in [1.29, 1.82) is 0 Å². The Balaban J connectivity index is 0.927. The summed E-state index contributed by atoms with van der Waals surface area (Å²) in [4.78, 5) is 23.5. The number of fused-ring (bicyclic) bond motifs is 3. The average Bonchev–Trinajstić information content (AvgIpc) is 3.91. The molecule has 4 aromatic rings. The van der Waals surface area contributed by atoms with Gasteiger partial charge in [-0.15, -0.1) is 13.2 Å². The van der Waals surface area contributed by atoms with Gasteiger partial charge in [-0.2, -0.15) is 4.89 Å². The molecule has 1 heterocycles. The van der Waals surface area contributed by atoms with Crippen LogP contribution in [0.15, 0.2) is 97.1 Å².